The van der Waals surface area contributed by atoms with Gasteiger partial charge in [-0.05, 0) is 52.4 Å². The number of nitrogens with one attached hydrogen (secondary N) is 2. The Morgan fingerprint density at radius 1 is 0.833 bits per heavy atom. The molecule has 2 aliphatic rings. The topological polar surface area (TPSA) is 199 Å². The number of aliphatic hydroxyl groups is 1. The van der Waals surface area contributed by atoms with E-state index in [-0.39, 0.29) is 50.1 Å². The molecule has 0 bridgehead atoms. The summed E-state index contributed by atoms with van der Waals surface area (Å²) in [5.74, 6) is -2.15. The molecule has 2 aliphatic heterocycles. The zero-order chi connectivity index (χ0) is 31.2. The Hall–Kier alpha value is -2.04. The molecule has 5 N–H and O–H groups in total. The molecule has 0 saturated carbocycles. The number of aliphatic hydroxyl groups excluding tert-OH is 1. The summed E-state index contributed by atoms with van der Waals surface area (Å²) < 4.78 is 30.7. The third-order valence-electron chi connectivity index (χ3n) is 7.38. The first-order valence-corrected chi connectivity index (χ1v) is 14.8. The molecule has 2 fully saturated rings. The SMILES string of the molecule is CCC1CC(C)OC(C(N[C@H](C=O)CCC(=O)O)OC(CO)C(N[C@H](C=O)CCC(=O)O)C2OC(C)CC(CC)O2)O1. The molecule has 2 saturated heterocycles. The minimum Gasteiger partial charge on any atom is -0.481 e. The maximum atomic E-state index is 11.9. The Morgan fingerprint density at radius 2 is 1.31 bits per heavy atom. The molecule has 0 amide bonds. The van der Waals surface area contributed by atoms with Crippen LogP contribution in [-0.4, -0.2) is 114 Å². The summed E-state index contributed by atoms with van der Waals surface area (Å²) in [6, 6.07) is -2.83. The molecule has 0 aliphatic carbocycles. The summed E-state index contributed by atoms with van der Waals surface area (Å²) >= 11 is 0. The average Bonchev–Trinajstić information content (AvgIpc) is 2.96. The van der Waals surface area contributed by atoms with Crippen molar-refractivity contribution in [2.75, 3.05) is 6.61 Å². The smallest absolute Gasteiger partial charge is 0.303 e. The van der Waals surface area contributed by atoms with Gasteiger partial charge in [0.05, 0.1) is 49.1 Å². The summed E-state index contributed by atoms with van der Waals surface area (Å²) in [5.41, 5.74) is 0. The molecule has 0 aromatic rings. The number of aldehydes is 2. The fourth-order valence-corrected chi connectivity index (χ4v) is 5.07. The Morgan fingerprint density at radius 3 is 1.76 bits per heavy atom. The van der Waals surface area contributed by atoms with Crippen LogP contribution in [0.2, 0.25) is 0 Å². The number of hydrogen-bond donors (Lipinski definition) is 5. The van der Waals surface area contributed by atoms with Crippen molar-refractivity contribution in [2.24, 2.45) is 0 Å². The van der Waals surface area contributed by atoms with Crippen LogP contribution >= 0.6 is 0 Å². The molecule has 9 unspecified atom stereocenters. The van der Waals surface area contributed by atoms with Crippen LogP contribution in [0.3, 0.4) is 0 Å². The average molecular weight is 605 g/mol. The van der Waals surface area contributed by atoms with Crippen molar-refractivity contribution in [3.8, 4) is 0 Å². The van der Waals surface area contributed by atoms with Crippen LogP contribution in [0.4, 0.5) is 0 Å². The second-order valence-corrected chi connectivity index (χ2v) is 10.9. The van der Waals surface area contributed by atoms with Gasteiger partial charge in [-0.1, -0.05) is 13.8 Å². The maximum absolute atomic E-state index is 11.9. The fraction of sp³-hybridized carbons (Fsp3) is 0.857. The molecular formula is C28H48N2O12. The van der Waals surface area contributed by atoms with E-state index >= 15 is 0 Å². The van der Waals surface area contributed by atoms with Crippen LogP contribution in [0.25, 0.3) is 0 Å². The van der Waals surface area contributed by atoms with E-state index in [1.165, 1.54) is 0 Å². The first-order chi connectivity index (χ1) is 20.0. The minimum absolute atomic E-state index is 0.0262. The molecule has 0 radical (unpaired) electrons. The Bertz CT molecular complexity index is 848. The van der Waals surface area contributed by atoms with Gasteiger partial charge in [-0.2, -0.15) is 0 Å². The van der Waals surface area contributed by atoms with Crippen LogP contribution in [0.15, 0.2) is 0 Å². The molecule has 2 rings (SSSR count). The first-order valence-electron chi connectivity index (χ1n) is 14.8. The van der Waals surface area contributed by atoms with Gasteiger partial charge >= 0.3 is 11.9 Å². The van der Waals surface area contributed by atoms with Crippen LogP contribution < -0.4 is 10.6 Å². The second kappa shape index (κ2) is 18.6. The van der Waals surface area contributed by atoms with E-state index in [0.717, 1.165) is 0 Å². The van der Waals surface area contributed by atoms with Gasteiger partial charge in [0.25, 0.3) is 0 Å². The number of rotatable bonds is 20. The predicted octanol–water partition coefficient (Wildman–Crippen LogP) is 0.963. The number of ether oxygens (including phenoxy) is 5. The third kappa shape index (κ3) is 11.9. The molecule has 0 spiro atoms. The fourth-order valence-electron chi connectivity index (χ4n) is 5.07. The number of carbonyl (C=O) groups is 4. The van der Waals surface area contributed by atoms with Crippen LogP contribution in [0, 0.1) is 0 Å². The normalized spacial score (nSPS) is 30.0. The zero-order valence-electron chi connectivity index (χ0n) is 24.9. The standard InChI is InChI=1S/C28H48N2O12/c1-5-20-11-16(3)38-27(40-20)25(29-18(13-31)7-9-23(34)35)22(15-33)42-26(30-19(14-32)8-10-24(36)37)28-39-17(4)12-21(6-2)41-28/h13-14,16-22,25-30,33H,5-12,15H2,1-4H3,(H,34,35)(H,36,37)/t16?,17?,18-,19-,20?,21?,22?,25?,26?,27?,28?/m0/s1. The molecular weight excluding hydrogens is 556 g/mol. The molecule has 14 nitrogen and oxygen atoms in total. The molecule has 42 heavy (non-hydrogen) atoms. The Kier molecular flexibility index (Phi) is 16.0. The van der Waals surface area contributed by atoms with Gasteiger partial charge < -0.3 is 48.6 Å². The highest BCUT2D eigenvalue weighted by Crippen LogP contribution is 2.28. The number of aliphatic carboxylic acids is 2. The van der Waals surface area contributed by atoms with E-state index in [2.05, 4.69) is 10.6 Å². The first kappa shape index (κ1) is 36.2. The van der Waals surface area contributed by atoms with Crippen molar-refractivity contribution in [2.45, 2.75) is 147 Å². The van der Waals surface area contributed by atoms with E-state index in [1.54, 1.807) is 0 Å². The van der Waals surface area contributed by atoms with Gasteiger partial charge in [-0.3, -0.25) is 20.2 Å². The molecule has 242 valence electrons. The maximum Gasteiger partial charge on any atom is 0.303 e. The summed E-state index contributed by atoms with van der Waals surface area (Å²) in [4.78, 5) is 46.2. The van der Waals surface area contributed by atoms with Gasteiger partial charge in [-0.25, -0.2) is 0 Å². The van der Waals surface area contributed by atoms with Gasteiger partial charge in [0.1, 0.15) is 18.7 Å². The van der Waals surface area contributed by atoms with E-state index in [1.807, 2.05) is 27.7 Å². The lowest BCUT2D eigenvalue weighted by Crippen LogP contribution is -2.62. The molecule has 11 atom stereocenters. The van der Waals surface area contributed by atoms with Crippen LogP contribution in [0.1, 0.15) is 79.1 Å². The van der Waals surface area contributed by atoms with Gasteiger partial charge in [0.15, 0.2) is 18.8 Å². The van der Waals surface area contributed by atoms with Gasteiger partial charge in [0.2, 0.25) is 0 Å². The van der Waals surface area contributed by atoms with Crippen molar-refractivity contribution < 1.29 is 58.2 Å². The molecule has 0 aromatic heterocycles. The highest BCUT2D eigenvalue weighted by Gasteiger charge is 2.42. The van der Waals surface area contributed by atoms with E-state index in [0.29, 0.717) is 38.3 Å². The minimum atomic E-state index is -1.15. The Labute approximate surface area is 246 Å². The van der Waals surface area contributed by atoms with E-state index in [4.69, 9.17) is 33.9 Å². The molecule has 2 heterocycles. The third-order valence-corrected chi connectivity index (χ3v) is 7.38. The number of hydrogen-bond acceptors (Lipinski definition) is 12. The lowest BCUT2D eigenvalue weighted by molar-refractivity contribution is -0.304. The van der Waals surface area contributed by atoms with Gasteiger partial charge in [0, 0.05) is 12.8 Å². The molecule has 0 aromatic carbocycles. The number of carboxylic acids is 2. The molecule has 14 heteroatoms. The summed E-state index contributed by atoms with van der Waals surface area (Å²) in [6.07, 6.45) is -1.87. The summed E-state index contributed by atoms with van der Waals surface area (Å²) in [5, 5.41) is 34.9. The predicted molar refractivity (Wildman–Crippen MR) is 147 cm³/mol. The number of carboxylic acid groups (broad SMARTS) is 2. The van der Waals surface area contributed by atoms with Crippen LogP contribution in [-0.2, 0) is 42.9 Å². The van der Waals surface area contributed by atoms with Crippen molar-refractivity contribution in [1.29, 1.82) is 0 Å². The van der Waals surface area contributed by atoms with Gasteiger partial charge in [-0.15, -0.1) is 0 Å². The van der Waals surface area contributed by atoms with Crippen molar-refractivity contribution in [1.82, 2.24) is 10.6 Å². The highest BCUT2D eigenvalue weighted by molar-refractivity contribution is 5.68. The quantitative estimate of drug-likeness (QED) is 0.0972. The van der Waals surface area contributed by atoms with Crippen LogP contribution in [0.5, 0.6) is 0 Å². The van der Waals surface area contributed by atoms with Crippen molar-refractivity contribution in [3.63, 3.8) is 0 Å². The van der Waals surface area contributed by atoms with Crippen molar-refractivity contribution in [3.05, 3.63) is 0 Å². The van der Waals surface area contributed by atoms with Crippen molar-refractivity contribution >= 4 is 24.5 Å². The lowest BCUT2D eigenvalue weighted by Gasteiger charge is -2.44. The monoisotopic (exact) mass is 604 g/mol. The largest absolute Gasteiger partial charge is 0.481 e. The zero-order valence-corrected chi connectivity index (χ0v) is 24.9. The Balaban J connectivity index is 2.41. The second-order valence-electron chi connectivity index (χ2n) is 10.9. The highest BCUT2D eigenvalue weighted by atomic mass is 16.7. The summed E-state index contributed by atoms with van der Waals surface area (Å²) in [7, 11) is 0. The summed E-state index contributed by atoms with van der Waals surface area (Å²) in [6.45, 7) is 7.08. The van der Waals surface area contributed by atoms with E-state index in [9.17, 15) is 24.3 Å². The van der Waals surface area contributed by atoms with E-state index < -0.39 is 61.6 Å². The number of carbonyl (C=O) groups excluding carboxylic acids is 2. The lowest BCUT2D eigenvalue weighted by atomic mass is 10.0.